The molecule has 1 aromatic carbocycles. The van der Waals surface area contributed by atoms with Gasteiger partial charge in [0, 0.05) is 43.2 Å². The normalized spacial score (nSPS) is 17.7. The largest absolute Gasteiger partial charge is 0.437 e. The molecule has 1 spiro atoms. The third-order valence-corrected chi connectivity index (χ3v) is 6.40. The Morgan fingerprint density at radius 1 is 1.15 bits per heavy atom. The average Bonchev–Trinajstić information content (AvgIpc) is 3.51. The minimum atomic E-state index is -0.694. The number of rotatable bonds is 5. The Morgan fingerprint density at radius 2 is 1.85 bits per heavy atom. The molecule has 0 aliphatic carbocycles. The smallest absolute Gasteiger partial charge is 0.386 e. The van der Waals surface area contributed by atoms with Crippen molar-refractivity contribution in [3.63, 3.8) is 0 Å². The average molecular weight is 474 g/mol. The number of piperidine rings is 1. The van der Waals surface area contributed by atoms with Gasteiger partial charge in [0.05, 0.1) is 19.5 Å². The number of benzene rings is 1. The molecule has 2 aliphatic heterocycles. The van der Waals surface area contributed by atoms with Crippen LogP contribution < -0.4 is 5.76 Å². The van der Waals surface area contributed by atoms with Crippen molar-refractivity contribution in [1.82, 2.24) is 24.2 Å². The van der Waals surface area contributed by atoms with Crippen LogP contribution in [0.5, 0.6) is 0 Å². The summed E-state index contributed by atoms with van der Waals surface area (Å²) in [5, 5.41) is 4.90. The first-order chi connectivity index (χ1) is 15.9. The van der Waals surface area contributed by atoms with Crippen molar-refractivity contribution in [3.05, 3.63) is 57.4 Å². The van der Waals surface area contributed by atoms with E-state index in [0.717, 1.165) is 15.9 Å². The first-order valence-electron chi connectivity index (χ1n) is 10.8. The Bertz CT molecular complexity index is 1200. The van der Waals surface area contributed by atoms with Crippen LogP contribution >= 0.6 is 11.6 Å². The summed E-state index contributed by atoms with van der Waals surface area (Å²) in [6.07, 6.45) is 2.89. The van der Waals surface area contributed by atoms with Gasteiger partial charge in [0.25, 0.3) is 5.89 Å². The van der Waals surface area contributed by atoms with Gasteiger partial charge in [-0.3, -0.25) is 4.79 Å². The number of likely N-dealkylation sites (tertiary alicyclic amines) is 1. The third kappa shape index (κ3) is 4.46. The van der Waals surface area contributed by atoms with Gasteiger partial charge in [-0.2, -0.15) is 4.68 Å². The third-order valence-electron chi connectivity index (χ3n) is 6.15. The van der Waals surface area contributed by atoms with Crippen LogP contribution in [0.1, 0.15) is 24.1 Å². The van der Waals surface area contributed by atoms with Crippen LogP contribution in [0, 0.1) is 6.92 Å². The van der Waals surface area contributed by atoms with E-state index in [4.69, 9.17) is 25.5 Å². The predicted molar refractivity (Wildman–Crippen MR) is 118 cm³/mol. The molecule has 2 saturated heterocycles. The summed E-state index contributed by atoms with van der Waals surface area (Å²) in [7, 11) is 0. The summed E-state index contributed by atoms with van der Waals surface area (Å²) in [6.45, 7) is 4.45. The molecule has 0 saturated carbocycles. The van der Waals surface area contributed by atoms with Gasteiger partial charge < -0.3 is 23.4 Å². The zero-order chi connectivity index (χ0) is 23.0. The van der Waals surface area contributed by atoms with Gasteiger partial charge >= 0.3 is 5.76 Å². The van der Waals surface area contributed by atoms with Crippen LogP contribution in [0.25, 0.3) is 11.6 Å². The first kappa shape index (κ1) is 21.9. The number of imidazole rings is 1. The van der Waals surface area contributed by atoms with E-state index in [0.29, 0.717) is 56.4 Å². The molecule has 174 valence electrons. The Kier molecular flexibility index (Phi) is 5.81. The van der Waals surface area contributed by atoms with Crippen LogP contribution in [-0.2, 0) is 27.4 Å². The molecule has 0 unspecified atom stereocenters. The zero-order valence-electron chi connectivity index (χ0n) is 18.2. The van der Waals surface area contributed by atoms with Crippen molar-refractivity contribution >= 4 is 17.5 Å². The Balaban J connectivity index is 1.26. The van der Waals surface area contributed by atoms with E-state index in [1.165, 1.54) is 0 Å². The van der Waals surface area contributed by atoms with Gasteiger partial charge in [0.15, 0.2) is 5.79 Å². The molecular formula is C22H24ClN5O5. The standard InChI is InChI=1S/C22H24ClN5O5/c1-15-19(24-14-27(15)12-16-2-4-17(23)5-3-16)20-25-28(21(30)33-20)13-18(29)26-8-6-22(7-9-26)31-10-11-32-22/h2-5,14H,6-13H2,1H3. The van der Waals surface area contributed by atoms with Crippen LogP contribution in [0.3, 0.4) is 0 Å². The molecule has 2 aliphatic rings. The zero-order valence-corrected chi connectivity index (χ0v) is 19.0. The molecule has 4 heterocycles. The molecule has 11 heteroatoms. The molecule has 3 aromatic rings. The van der Waals surface area contributed by atoms with Gasteiger partial charge in [-0.05, 0) is 24.6 Å². The highest BCUT2D eigenvalue weighted by atomic mass is 35.5. The number of carbonyl (C=O) groups is 1. The van der Waals surface area contributed by atoms with Crippen molar-refractivity contribution in [2.75, 3.05) is 26.3 Å². The summed E-state index contributed by atoms with van der Waals surface area (Å²) < 4.78 is 19.7. The fourth-order valence-corrected chi connectivity index (χ4v) is 4.34. The maximum Gasteiger partial charge on any atom is 0.437 e. The second kappa shape index (κ2) is 8.77. The Hall–Kier alpha value is -2.95. The number of halogens is 1. The highest BCUT2D eigenvalue weighted by molar-refractivity contribution is 6.30. The topological polar surface area (TPSA) is 105 Å². The van der Waals surface area contributed by atoms with E-state index >= 15 is 0 Å². The van der Waals surface area contributed by atoms with E-state index in [2.05, 4.69) is 10.1 Å². The molecule has 0 radical (unpaired) electrons. The monoisotopic (exact) mass is 473 g/mol. The second-order valence-electron chi connectivity index (χ2n) is 8.25. The number of amides is 1. The van der Waals surface area contributed by atoms with Gasteiger partial charge in [0.2, 0.25) is 5.91 Å². The predicted octanol–water partition coefficient (Wildman–Crippen LogP) is 2.08. The molecule has 2 aromatic heterocycles. The van der Waals surface area contributed by atoms with Gasteiger partial charge in [-0.1, -0.05) is 23.7 Å². The lowest BCUT2D eigenvalue weighted by Gasteiger charge is -2.37. The molecule has 33 heavy (non-hydrogen) atoms. The molecule has 5 rings (SSSR count). The Labute approximate surface area is 194 Å². The fourth-order valence-electron chi connectivity index (χ4n) is 4.21. The van der Waals surface area contributed by atoms with Crippen molar-refractivity contribution in [2.45, 2.75) is 38.6 Å². The quantitative estimate of drug-likeness (QED) is 0.558. The number of hydrogen-bond donors (Lipinski definition) is 0. The number of hydrogen-bond acceptors (Lipinski definition) is 7. The van der Waals surface area contributed by atoms with E-state index in [1.807, 2.05) is 35.8 Å². The van der Waals surface area contributed by atoms with E-state index in [1.54, 1.807) is 11.2 Å². The molecule has 2 fully saturated rings. The lowest BCUT2D eigenvalue weighted by molar-refractivity contribution is -0.187. The molecular weight excluding hydrogens is 450 g/mol. The van der Waals surface area contributed by atoms with Crippen molar-refractivity contribution < 1.29 is 18.7 Å². The Morgan fingerprint density at radius 3 is 2.55 bits per heavy atom. The second-order valence-corrected chi connectivity index (χ2v) is 8.69. The van der Waals surface area contributed by atoms with Crippen molar-refractivity contribution in [2.24, 2.45) is 0 Å². The number of nitrogens with zero attached hydrogens (tertiary/aromatic N) is 5. The number of aromatic nitrogens is 4. The molecule has 0 atom stereocenters. The molecule has 0 N–H and O–H groups in total. The summed E-state index contributed by atoms with van der Waals surface area (Å²) >= 11 is 5.95. The van der Waals surface area contributed by atoms with E-state index < -0.39 is 11.5 Å². The summed E-state index contributed by atoms with van der Waals surface area (Å²) in [4.78, 5) is 31.2. The lowest BCUT2D eigenvalue weighted by atomic mass is 10.0. The maximum atomic E-state index is 12.7. The molecule has 10 nitrogen and oxygen atoms in total. The first-order valence-corrected chi connectivity index (χ1v) is 11.2. The maximum absolute atomic E-state index is 12.7. The number of ether oxygens (including phenoxy) is 2. The van der Waals surface area contributed by atoms with Gasteiger partial charge in [-0.15, -0.1) is 5.10 Å². The fraction of sp³-hybridized carbons (Fsp3) is 0.455. The van der Waals surface area contributed by atoms with Crippen LogP contribution in [-0.4, -0.2) is 62.2 Å². The van der Waals surface area contributed by atoms with Crippen LogP contribution in [0.2, 0.25) is 5.02 Å². The van der Waals surface area contributed by atoms with Crippen LogP contribution in [0.4, 0.5) is 0 Å². The van der Waals surface area contributed by atoms with Gasteiger partial charge in [-0.25, -0.2) is 9.78 Å². The minimum absolute atomic E-state index is 0.0884. The minimum Gasteiger partial charge on any atom is -0.386 e. The summed E-state index contributed by atoms with van der Waals surface area (Å²) in [5.41, 5.74) is 2.31. The van der Waals surface area contributed by atoms with E-state index in [9.17, 15) is 9.59 Å². The SMILES string of the molecule is Cc1c(-c2nn(CC(=O)N3CCC4(CC3)OCCO4)c(=O)o2)ncn1Cc1ccc(Cl)cc1. The van der Waals surface area contributed by atoms with E-state index in [-0.39, 0.29) is 18.3 Å². The van der Waals surface area contributed by atoms with Crippen LogP contribution in [0.15, 0.2) is 39.8 Å². The van der Waals surface area contributed by atoms with Crippen molar-refractivity contribution in [3.8, 4) is 11.6 Å². The summed E-state index contributed by atoms with van der Waals surface area (Å²) in [5.74, 6) is -1.36. The van der Waals surface area contributed by atoms with Crippen molar-refractivity contribution in [1.29, 1.82) is 0 Å². The highest BCUT2D eigenvalue weighted by Crippen LogP contribution is 2.31. The molecule has 0 bridgehead atoms. The lowest BCUT2D eigenvalue weighted by Crippen LogP contribution is -2.48. The summed E-state index contributed by atoms with van der Waals surface area (Å²) in [6, 6.07) is 7.54. The van der Waals surface area contributed by atoms with Gasteiger partial charge in [0.1, 0.15) is 12.2 Å². The number of carbonyl (C=O) groups excluding carboxylic acids is 1. The molecule has 1 amide bonds. The highest BCUT2D eigenvalue weighted by Gasteiger charge is 2.40.